The first-order valence-corrected chi connectivity index (χ1v) is 8.13. The van der Waals surface area contributed by atoms with Gasteiger partial charge in [0.2, 0.25) is 0 Å². The maximum atomic E-state index is 11.9. The maximum absolute atomic E-state index is 11.9. The number of hydrogen-bond donors (Lipinski definition) is 2. The molecule has 7 heteroatoms. The van der Waals surface area contributed by atoms with Crippen LogP contribution in [0.25, 0.3) is 0 Å². The summed E-state index contributed by atoms with van der Waals surface area (Å²) in [5, 5.41) is 6.70. The van der Waals surface area contributed by atoms with Gasteiger partial charge in [-0.1, -0.05) is 18.2 Å². The Labute approximate surface area is 152 Å². The topological polar surface area (TPSA) is 89.0 Å². The molecule has 2 aromatic carbocycles. The van der Waals surface area contributed by atoms with Crippen molar-refractivity contribution in [3.8, 4) is 5.75 Å². The second-order valence-electron chi connectivity index (χ2n) is 5.26. The van der Waals surface area contributed by atoms with E-state index in [1.54, 1.807) is 50.2 Å². The Morgan fingerprint density at radius 3 is 2.38 bits per heavy atom. The van der Waals surface area contributed by atoms with Gasteiger partial charge in [-0.05, 0) is 55.8 Å². The number of para-hydroxylation sites is 1. The average Bonchev–Trinajstić information content (AvgIpc) is 2.66. The van der Waals surface area contributed by atoms with Crippen LogP contribution in [0.2, 0.25) is 0 Å². The van der Waals surface area contributed by atoms with Crippen LogP contribution in [0.3, 0.4) is 0 Å². The van der Waals surface area contributed by atoms with E-state index in [1.165, 1.54) is 0 Å². The van der Waals surface area contributed by atoms with Gasteiger partial charge in [0.05, 0.1) is 12.3 Å². The molecule has 26 heavy (non-hydrogen) atoms. The van der Waals surface area contributed by atoms with Crippen molar-refractivity contribution in [2.45, 2.75) is 13.8 Å². The van der Waals surface area contributed by atoms with Gasteiger partial charge in [0.15, 0.2) is 6.61 Å². The number of carbonyl (C=O) groups excluding carboxylic acids is 2. The Balaban J connectivity index is 1.84. The molecule has 0 bridgehead atoms. The number of benzene rings is 2. The van der Waals surface area contributed by atoms with E-state index >= 15 is 0 Å². The SMILES string of the molecule is CCOC(=O)N/N=C(/C)c1ccc(OCC(=O)Nc2ccccc2)cc1. The van der Waals surface area contributed by atoms with Crippen molar-refractivity contribution in [3.63, 3.8) is 0 Å². The Bertz CT molecular complexity index is 758. The highest BCUT2D eigenvalue weighted by Crippen LogP contribution is 2.13. The van der Waals surface area contributed by atoms with Crippen molar-refractivity contribution < 1.29 is 19.1 Å². The molecule has 2 amide bonds. The molecule has 0 aromatic heterocycles. The number of amides is 2. The second-order valence-corrected chi connectivity index (χ2v) is 5.26. The van der Waals surface area contributed by atoms with E-state index in [4.69, 9.17) is 9.47 Å². The Morgan fingerprint density at radius 1 is 1.04 bits per heavy atom. The largest absolute Gasteiger partial charge is 0.484 e. The number of anilines is 1. The van der Waals surface area contributed by atoms with Crippen molar-refractivity contribution in [1.82, 2.24) is 5.43 Å². The van der Waals surface area contributed by atoms with Gasteiger partial charge in [-0.2, -0.15) is 5.10 Å². The van der Waals surface area contributed by atoms with Crippen LogP contribution >= 0.6 is 0 Å². The van der Waals surface area contributed by atoms with Gasteiger partial charge in [0.1, 0.15) is 5.75 Å². The van der Waals surface area contributed by atoms with Gasteiger partial charge in [-0.3, -0.25) is 4.79 Å². The quantitative estimate of drug-likeness (QED) is 0.590. The number of nitrogens with zero attached hydrogens (tertiary/aromatic N) is 1. The zero-order chi connectivity index (χ0) is 18.8. The summed E-state index contributed by atoms with van der Waals surface area (Å²) >= 11 is 0. The fraction of sp³-hybridized carbons (Fsp3) is 0.211. The lowest BCUT2D eigenvalue weighted by Crippen LogP contribution is -2.20. The standard InChI is InChI=1S/C19H21N3O4/c1-3-25-19(24)22-21-14(2)15-9-11-17(12-10-15)26-13-18(23)20-16-7-5-4-6-8-16/h4-12H,3,13H2,1-2H3,(H,20,23)(H,22,24)/b21-14-. The fourth-order valence-electron chi connectivity index (χ4n) is 2.02. The molecule has 0 aliphatic heterocycles. The van der Waals surface area contributed by atoms with Crippen molar-refractivity contribution in [2.24, 2.45) is 5.10 Å². The van der Waals surface area contributed by atoms with E-state index in [9.17, 15) is 9.59 Å². The van der Waals surface area contributed by atoms with Gasteiger partial charge >= 0.3 is 6.09 Å². The molecule has 2 rings (SSSR count). The Kier molecular flexibility index (Phi) is 7.17. The lowest BCUT2D eigenvalue weighted by atomic mass is 10.1. The third kappa shape index (κ3) is 6.27. The van der Waals surface area contributed by atoms with E-state index < -0.39 is 6.09 Å². The van der Waals surface area contributed by atoms with E-state index in [0.717, 1.165) is 11.3 Å². The highest BCUT2D eigenvalue weighted by Gasteiger charge is 2.05. The molecule has 2 aromatic rings. The number of nitrogens with one attached hydrogen (secondary N) is 2. The Morgan fingerprint density at radius 2 is 1.73 bits per heavy atom. The van der Waals surface area contributed by atoms with Crippen LogP contribution in [0.4, 0.5) is 10.5 Å². The average molecular weight is 355 g/mol. The Hall–Kier alpha value is -3.35. The van der Waals surface area contributed by atoms with Crippen LogP contribution in [0, 0.1) is 0 Å². The first kappa shape index (κ1) is 19.0. The van der Waals surface area contributed by atoms with Crippen LogP contribution < -0.4 is 15.5 Å². The minimum Gasteiger partial charge on any atom is -0.484 e. The minimum absolute atomic E-state index is 0.0915. The van der Waals surface area contributed by atoms with E-state index in [0.29, 0.717) is 11.5 Å². The van der Waals surface area contributed by atoms with Gasteiger partial charge in [-0.25, -0.2) is 10.2 Å². The molecule has 0 spiro atoms. The van der Waals surface area contributed by atoms with Crippen LogP contribution in [-0.4, -0.2) is 30.9 Å². The number of hydrazone groups is 1. The summed E-state index contributed by atoms with van der Waals surface area (Å²) in [5.74, 6) is 0.319. The van der Waals surface area contributed by atoms with E-state index in [1.807, 2.05) is 18.2 Å². The number of rotatable bonds is 7. The van der Waals surface area contributed by atoms with Crippen LogP contribution in [0.5, 0.6) is 5.75 Å². The van der Waals surface area contributed by atoms with Gasteiger partial charge in [0, 0.05) is 5.69 Å². The monoisotopic (exact) mass is 355 g/mol. The number of hydrogen-bond acceptors (Lipinski definition) is 5. The summed E-state index contributed by atoms with van der Waals surface area (Å²) in [6.45, 7) is 3.67. The third-order valence-corrected chi connectivity index (χ3v) is 3.29. The lowest BCUT2D eigenvalue weighted by Gasteiger charge is -2.08. The smallest absolute Gasteiger partial charge is 0.427 e. The van der Waals surface area contributed by atoms with Gasteiger partial charge in [-0.15, -0.1) is 0 Å². The summed E-state index contributed by atoms with van der Waals surface area (Å²) in [6.07, 6.45) is -0.601. The third-order valence-electron chi connectivity index (χ3n) is 3.29. The molecule has 7 nitrogen and oxygen atoms in total. The summed E-state index contributed by atoms with van der Waals surface area (Å²) in [5.41, 5.74) is 4.45. The molecule has 0 radical (unpaired) electrons. The van der Waals surface area contributed by atoms with Crippen molar-refractivity contribution in [2.75, 3.05) is 18.5 Å². The first-order chi connectivity index (χ1) is 12.6. The molecule has 0 heterocycles. The second kappa shape index (κ2) is 9.83. The predicted molar refractivity (Wildman–Crippen MR) is 99.4 cm³/mol. The molecular formula is C19H21N3O4. The molecule has 0 atom stereocenters. The van der Waals surface area contributed by atoms with Crippen molar-refractivity contribution in [3.05, 3.63) is 60.2 Å². The molecule has 0 fully saturated rings. The summed E-state index contributed by atoms with van der Waals surface area (Å²) < 4.78 is 10.2. The zero-order valence-corrected chi connectivity index (χ0v) is 14.7. The molecule has 0 saturated carbocycles. The fourth-order valence-corrected chi connectivity index (χ4v) is 2.02. The van der Waals surface area contributed by atoms with E-state index in [-0.39, 0.29) is 19.1 Å². The molecule has 0 unspecified atom stereocenters. The molecule has 0 aliphatic carbocycles. The highest BCUT2D eigenvalue weighted by molar-refractivity contribution is 5.99. The summed E-state index contributed by atoms with van der Waals surface area (Å²) in [6, 6.07) is 16.2. The maximum Gasteiger partial charge on any atom is 0.427 e. The summed E-state index contributed by atoms with van der Waals surface area (Å²) in [7, 11) is 0. The first-order valence-electron chi connectivity index (χ1n) is 8.13. The van der Waals surface area contributed by atoms with Crippen LogP contribution in [0.15, 0.2) is 59.7 Å². The molecule has 2 N–H and O–H groups in total. The van der Waals surface area contributed by atoms with Crippen LogP contribution in [0.1, 0.15) is 19.4 Å². The normalized spacial score (nSPS) is 10.8. The lowest BCUT2D eigenvalue weighted by molar-refractivity contribution is -0.118. The molecule has 136 valence electrons. The molecular weight excluding hydrogens is 334 g/mol. The highest BCUT2D eigenvalue weighted by atomic mass is 16.5. The van der Waals surface area contributed by atoms with Crippen molar-refractivity contribution >= 4 is 23.4 Å². The van der Waals surface area contributed by atoms with Gasteiger partial charge in [0.25, 0.3) is 5.91 Å². The predicted octanol–water partition coefficient (Wildman–Crippen LogP) is 3.17. The molecule has 0 aliphatic rings. The number of carbonyl (C=O) groups is 2. The summed E-state index contributed by atoms with van der Waals surface area (Å²) in [4.78, 5) is 23.1. The van der Waals surface area contributed by atoms with E-state index in [2.05, 4.69) is 15.8 Å². The van der Waals surface area contributed by atoms with Crippen molar-refractivity contribution in [1.29, 1.82) is 0 Å². The van der Waals surface area contributed by atoms with Gasteiger partial charge < -0.3 is 14.8 Å². The zero-order valence-electron chi connectivity index (χ0n) is 14.7. The minimum atomic E-state index is -0.601. The number of ether oxygens (including phenoxy) is 2. The molecule has 0 saturated heterocycles. The van der Waals surface area contributed by atoms with Crippen LogP contribution in [-0.2, 0) is 9.53 Å².